The number of halogens is 1. The smallest absolute Gasteiger partial charge is 0.306 e. The minimum Gasteiger partial charge on any atom is -0.481 e. The summed E-state index contributed by atoms with van der Waals surface area (Å²) in [5.74, 6) is -0.532. The molecule has 2 aromatic heterocycles. The van der Waals surface area contributed by atoms with Crippen LogP contribution in [0.1, 0.15) is 23.9 Å². The van der Waals surface area contributed by atoms with E-state index in [0.717, 1.165) is 26.3 Å². The maximum absolute atomic E-state index is 11.0. The fraction of sp³-hybridized carbons (Fsp3) is 0.357. The van der Waals surface area contributed by atoms with Crippen molar-refractivity contribution in [3.05, 3.63) is 32.9 Å². The average Bonchev–Trinajstić information content (AvgIpc) is 2.79. The van der Waals surface area contributed by atoms with Gasteiger partial charge in [-0.25, -0.2) is 9.97 Å². The van der Waals surface area contributed by atoms with Crippen LogP contribution in [0.25, 0.3) is 10.7 Å². The predicted molar refractivity (Wildman–Crippen MR) is 83.0 cm³/mol. The largest absolute Gasteiger partial charge is 0.481 e. The van der Waals surface area contributed by atoms with Crippen molar-refractivity contribution >= 4 is 33.2 Å². The summed E-state index contributed by atoms with van der Waals surface area (Å²) in [5.41, 5.74) is 2.63. The van der Waals surface area contributed by atoms with Gasteiger partial charge >= 0.3 is 5.97 Å². The van der Waals surface area contributed by atoms with E-state index in [9.17, 15) is 4.79 Å². The zero-order valence-corrected chi connectivity index (χ0v) is 13.9. The van der Waals surface area contributed by atoms with Crippen molar-refractivity contribution in [2.24, 2.45) is 5.92 Å². The van der Waals surface area contributed by atoms with Crippen LogP contribution in [0.3, 0.4) is 0 Å². The highest BCUT2D eigenvalue weighted by atomic mass is 79.9. The molecular weight excluding hydrogens is 340 g/mol. The van der Waals surface area contributed by atoms with E-state index in [1.807, 2.05) is 25.3 Å². The SMILES string of the molecule is Cc1nc(-c2cc(Br)cs2)nc(C)c1CC(C)C(=O)O. The van der Waals surface area contributed by atoms with Crippen molar-refractivity contribution in [3.63, 3.8) is 0 Å². The van der Waals surface area contributed by atoms with Gasteiger partial charge in [-0.3, -0.25) is 4.79 Å². The van der Waals surface area contributed by atoms with Gasteiger partial charge in [0.2, 0.25) is 0 Å². The molecule has 0 amide bonds. The summed E-state index contributed by atoms with van der Waals surface area (Å²) in [4.78, 5) is 21.0. The number of thiophene rings is 1. The Balaban J connectivity index is 2.36. The number of carbonyl (C=O) groups is 1. The van der Waals surface area contributed by atoms with Gasteiger partial charge in [0.25, 0.3) is 0 Å². The zero-order valence-electron chi connectivity index (χ0n) is 11.5. The summed E-state index contributed by atoms with van der Waals surface area (Å²) in [6.45, 7) is 5.51. The molecule has 0 aliphatic heterocycles. The topological polar surface area (TPSA) is 63.1 Å². The number of hydrogen-bond donors (Lipinski definition) is 1. The number of carboxylic acid groups (broad SMARTS) is 1. The molecule has 6 heteroatoms. The van der Waals surface area contributed by atoms with Gasteiger partial charge in [-0.05, 0) is 47.8 Å². The summed E-state index contributed by atoms with van der Waals surface area (Å²) in [6.07, 6.45) is 0.460. The predicted octanol–water partition coefficient (Wildman–Crippen LogP) is 3.85. The fourth-order valence-electron chi connectivity index (χ4n) is 1.97. The number of aromatic nitrogens is 2. The molecule has 1 N–H and O–H groups in total. The lowest BCUT2D eigenvalue weighted by Gasteiger charge is -2.12. The second-order valence-electron chi connectivity index (χ2n) is 4.77. The van der Waals surface area contributed by atoms with Gasteiger partial charge in [0.15, 0.2) is 5.82 Å². The quantitative estimate of drug-likeness (QED) is 0.905. The van der Waals surface area contributed by atoms with Crippen molar-refractivity contribution in [3.8, 4) is 10.7 Å². The van der Waals surface area contributed by atoms with Crippen LogP contribution in [0.2, 0.25) is 0 Å². The van der Waals surface area contributed by atoms with Crippen LogP contribution in [-0.4, -0.2) is 21.0 Å². The molecule has 4 nitrogen and oxygen atoms in total. The van der Waals surface area contributed by atoms with Gasteiger partial charge in [-0.1, -0.05) is 6.92 Å². The van der Waals surface area contributed by atoms with E-state index in [-0.39, 0.29) is 0 Å². The van der Waals surface area contributed by atoms with Crippen LogP contribution in [0.5, 0.6) is 0 Å². The van der Waals surface area contributed by atoms with Crippen LogP contribution < -0.4 is 0 Å². The molecule has 0 fully saturated rings. The van der Waals surface area contributed by atoms with Crippen molar-refractivity contribution in [1.82, 2.24) is 9.97 Å². The molecule has 0 aliphatic carbocycles. The Morgan fingerprint density at radius 1 is 1.40 bits per heavy atom. The highest BCUT2D eigenvalue weighted by molar-refractivity contribution is 9.10. The Labute approximate surface area is 130 Å². The molecule has 1 unspecified atom stereocenters. The number of rotatable bonds is 4. The van der Waals surface area contributed by atoms with Gasteiger partial charge in [0, 0.05) is 21.2 Å². The van der Waals surface area contributed by atoms with E-state index in [1.165, 1.54) is 0 Å². The fourth-order valence-corrected chi connectivity index (χ4v) is 3.33. The first kappa shape index (κ1) is 15.1. The van der Waals surface area contributed by atoms with Gasteiger partial charge in [-0.15, -0.1) is 11.3 Å². The maximum atomic E-state index is 11.0. The number of hydrogen-bond acceptors (Lipinski definition) is 4. The minimum absolute atomic E-state index is 0.433. The Morgan fingerprint density at radius 2 is 2.00 bits per heavy atom. The first-order valence-electron chi connectivity index (χ1n) is 6.19. The van der Waals surface area contributed by atoms with Gasteiger partial charge in [0.05, 0.1) is 10.8 Å². The molecule has 0 aliphatic rings. The monoisotopic (exact) mass is 354 g/mol. The third-order valence-electron chi connectivity index (χ3n) is 3.14. The minimum atomic E-state index is -0.796. The number of carboxylic acids is 1. The van der Waals surface area contributed by atoms with E-state index in [2.05, 4.69) is 25.9 Å². The normalized spacial score (nSPS) is 12.4. The molecule has 2 aromatic rings. The van der Waals surface area contributed by atoms with Crippen molar-refractivity contribution in [2.75, 3.05) is 0 Å². The summed E-state index contributed by atoms with van der Waals surface area (Å²) < 4.78 is 1.01. The van der Waals surface area contributed by atoms with Gasteiger partial charge in [-0.2, -0.15) is 0 Å². The Morgan fingerprint density at radius 3 is 2.45 bits per heavy atom. The lowest BCUT2D eigenvalue weighted by atomic mass is 9.99. The highest BCUT2D eigenvalue weighted by Gasteiger charge is 2.17. The first-order valence-corrected chi connectivity index (χ1v) is 7.87. The molecule has 0 saturated carbocycles. The van der Waals surface area contributed by atoms with E-state index in [1.54, 1.807) is 18.3 Å². The molecule has 0 spiro atoms. The van der Waals surface area contributed by atoms with Crippen LogP contribution in [0, 0.1) is 19.8 Å². The number of aryl methyl sites for hydroxylation is 2. The van der Waals surface area contributed by atoms with Gasteiger partial charge in [0.1, 0.15) is 0 Å². The van der Waals surface area contributed by atoms with Crippen LogP contribution in [0.15, 0.2) is 15.9 Å². The van der Waals surface area contributed by atoms with Crippen LogP contribution in [-0.2, 0) is 11.2 Å². The number of nitrogens with zero attached hydrogens (tertiary/aromatic N) is 2. The molecule has 2 rings (SSSR count). The Hall–Kier alpha value is -1.27. The zero-order chi connectivity index (χ0) is 14.9. The number of aliphatic carboxylic acids is 1. The summed E-state index contributed by atoms with van der Waals surface area (Å²) in [6, 6.07) is 1.98. The third kappa shape index (κ3) is 3.24. The highest BCUT2D eigenvalue weighted by Crippen LogP contribution is 2.28. The molecule has 1 atom stereocenters. The van der Waals surface area contributed by atoms with Crippen molar-refractivity contribution in [1.29, 1.82) is 0 Å². The maximum Gasteiger partial charge on any atom is 0.306 e. The Kier molecular flexibility index (Phi) is 4.55. The second-order valence-corrected chi connectivity index (χ2v) is 6.60. The summed E-state index contributed by atoms with van der Waals surface area (Å²) in [7, 11) is 0. The second kappa shape index (κ2) is 6.01. The molecule has 0 saturated heterocycles. The molecular formula is C14H15BrN2O2S. The molecule has 0 bridgehead atoms. The third-order valence-corrected chi connectivity index (χ3v) is 4.83. The van der Waals surface area contributed by atoms with Gasteiger partial charge < -0.3 is 5.11 Å². The van der Waals surface area contributed by atoms with Crippen molar-refractivity contribution < 1.29 is 9.90 Å². The van der Waals surface area contributed by atoms with E-state index in [4.69, 9.17) is 5.11 Å². The van der Waals surface area contributed by atoms with Crippen LogP contribution in [0.4, 0.5) is 0 Å². The van der Waals surface area contributed by atoms with E-state index >= 15 is 0 Å². The van der Waals surface area contributed by atoms with Crippen LogP contribution >= 0.6 is 27.3 Å². The summed E-state index contributed by atoms with van der Waals surface area (Å²) in [5, 5.41) is 11.0. The van der Waals surface area contributed by atoms with E-state index in [0.29, 0.717) is 12.2 Å². The molecule has 0 radical (unpaired) electrons. The molecule has 106 valence electrons. The van der Waals surface area contributed by atoms with Crippen molar-refractivity contribution in [2.45, 2.75) is 27.2 Å². The lowest BCUT2D eigenvalue weighted by Crippen LogP contribution is -2.15. The molecule has 2 heterocycles. The molecule has 20 heavy (non-hydrogen) atoms. The Bertz CT molecular complexity index is 631. The summed E-state index contributed by atoms with van der Waals surface area (Å²) >= 11 is 5.00. The molecule has 0 aromatic carbocycles. The van der Waals surface area contributed by atoms with E-state index < -0.39 is 11.9 Å². The standard InChI is InChI=1S/C14H15BrN2O2S/c1-7(14(18)19)4-11-8(2)16-13(17-9(11)3)12-5-10(15)6-20-12/h5-7H,4H2,1-3H3,(H,18,19). The first-order chi connectivity index (χ1) is 9.38. The lowest BCUT2D eigenvalue weighted by molar-refractivity contribution is -0.141. The average molecular weight is 355 g/mol.